The first-order chi connectivity index (χ1) is 16.2. The average Bonchev–Trinajstić information content (AvgIpc) is 3.50. The van der Waals surface area contributed by atoms with E-state index in [2.05, 4.69) is 10.3 Å². The number of nitrogens with zero attached hydrogens (tertiary/aromatic N) is 5. The molecule has 1 unspecified atom stereocenters. The lowest BCUT2D eigenvalue weighted by molar-refractivity contribution is -0.137. The van der Waals surface area contributed by atoms with Gasteiger partial charge < -0.3 is 15.1 Å². The Hall–Kier alpha value is -3.81. The zero-order valence-electron chi connectivity index (χ0n) is 18.4. The molecule has 2 aliphatic heterocycles. The number of amides is 2. The Kier molecular flexibility index (Phi) is 5.97. The topological polar surface area (TPSA) is 91.3 Å². The summed E-state index contributed by atoms with van der Waals surface area (Å²) in [5.74, 6) is 1.53. The summed E-state index contributed by atoms with van der Waals surface area (Å²) in [6.07, 6.45) is 5.69. The minimum atomic E-state index is -0.00111. The van der Waals surface area contributed by atoms with Crippen LogP contribution >= 0.6 is 0 Å². The van der Waals surface area contributed by atoms with Gasteiger partial charge in [-0.1, -0.05) is 18.2 Å². The monoisotopic (exact) mass is 442 g/mol. The minimum Gasteiger partial charge on any atom is -0.340 e. The molecule has 4 heterocycles. The van der Waals surface area contributed by atoms with Crippen LogP contribution in [0.2, 0.25) is 0 Å². The molecule has 1 aromatic carbocycles. The highest BCUT2D eigenvalue weighted by Crippen LogP contribution is 2.29. The van der Waals surface area contributed by atoms with Crippen LogP contribution in [0.4, 0.5) is 11.5 Å². The molecule has 8 heteroatoms. The van der Waals surface area contributed by atoms with Crippen LogP contribution in [-0.2, 0) is 9.59 Å². The lowest BCUT2D eigenvalue weighted by atomic mass is 10.1. The Bertz CT molecular complexity index is 1140. The number of pyridine rings is 1. The van der Waals surface area contributed by atoms with Gasteiger partial charge in [-0.2, -0.15) is 0 Å². The molecular weight excluding hydrogens is 416 g/mol. The number of aromatic nitrogens is 3. The summed E-state index contributed by atoms with van der Waals surface area (Å²) in [5.41, 5.74) is 2.65. The Labute approximate surface area is 192 Å². The van der Waals surface area contributed by atoms with Gasteiger partial charge in [-0.25, -0.2) is 9.97 Å². The van der Waals surface area contributed by atoms with Gasteiger partial charge in [-0.05, 0) is 37.1 Å². The van der Waals surface area contributed by atoms with Gasteiger partial charge in [-0.15, -0.1) is 0 Å². The number of para-hydroxylation sites is 1. The van der Waals surface area contributed by atoms with Crippen molar-refractivity contribution >= 4 is 23.3 Å². The van der Waals surface area contributed by atoms with E-state index in [0.29, 0.717) is 37.7 Å². The quantitative estimate of drug-likeness (QED) is 0.630. The molecule has 168 valence electrons. The van der Waals surface area contributed by atoms with E-state index in [9.17, 15) is 9.59 Å². The summed E-state index contributed by atoms with van der Waals surface area (Å²) >= 11 is 0. The Morgan fingerprint density at radius 3 is 2.73 bits per heavy atom. The van der Waals surface area contributed by atoms with Gasteiger partial charge in [0.25, 0.3) is 0 Å². The number of benzene rings is 1. The van der Waals surface area contributed by atoms with Crippen molar-refractivity contribution in [2.45, 2.75) is 25.2 Å². The maximum atomic E-state index is 12.8. The van der Waals surface area contributed by atoms with Crippen molar-refractivity contribution in [3.63, 3.8) is 0 Å². The summed E-state index contributed by atoms with van der Waals surface area (Å²) in [4.78, 5) is 42.1. The fourth-order valence-corrected chi connectivity index (χ4v) is 4.38. The fourth-order valence-electron chi connectivity index (χ4n) is 4.38. The van der Waals surface area contributed by atoms with Gasteiger partial charge >= 0.3 is 0 Å². The third-order valence-corrected chi connectivity index (χ3v) is 6.15. The highest BCUT2D eigenvalue weighted by atomic mass is 16.2. The van der Waals surface area contributed by atoms with Crippen LogP contribution in [0, 0.1) is 0 Å². The number of rotatable bonds is 6. The number of carbonyl (C=O) groups is 2. The van der Waals surface area contributed by atoms with Gasteiger partial charge in [0.2, 0.25) is 11.8 Å². The van der Waals surface area contributed by atoms with Crippen LogP contribution in [-0.4, -0.2) is 62.7 Å². The van der Waals surface area contributed by atoms with Crippen molar-refractivity contribution in [1.29, 1.82) is 0 Å². The number of likely N-dealkylation sites (tertiary alicyclic amines) is 2. The Balaban J connectivity index is 1.37. The van der Waals surface area contributed by atoms with E-state index >= 15 is 0 Å². The second-order valence-electron chi connectivity index (χ2n) is 8.47. The SMILES string of the molecule is O=C1CCCN1CC(=O)N1CCC(c2nc(Nc3ccccc3)cc(-c3cccnc3)n2)C1. The van der Waals surface area contributed by atoms with Crippen LogP contribution in [0.3, 0.4) is 0 Å². The second-order valence-corrected chi connectivity index (χ2v) is 8.47. The normalized spacial score (nSPS) is 18.1. The first kappa shape index (κ1) is 21.1. The maximum Gasteiger partial charge on any atom is 0.242 e. The summed E-state index contributed by atoms with van der Waals surface area (Å²) in [7, 11) is 0. The largest absolute Gasteiger partial charge is 0.340 e. The lowest BCUT2D eigenvalue weighted by Gasteiger charge is -2.21. The number of hydrogen-bond donors (Lipinski definition) is 1. The molecule has 2 saturated heterocycles. The van der Waals surface area contributed by atoms with Crippen molar-refractivity contribution in [3.05, 3.63) is 66.7 Å². The number of carbonyl (C=O) groups excluding carboxylic acids is 2. The van der Waals surface area contributed by atoms with Gasteiger partial charge in [0.1, 0.15) is 11.6 Å². The average molecular weight is 443 g/mol. The maximum absolute atomic E-state index is 12.8. The molecule has 33 heavy (non-hydrogen) atoms. The Morgan fingerprint density at radius 2 is 1.97 bits per heavy atom. The third kappa shape index (κ3) is 4.84. The van der Waals surface area contributed by atoms with Crippen LogP contribution in [0.5, 0.6) is 0 Å². The summed E-state index contributed by atoms with van der Waals surface area (Å²) in [6.45, 7) is 2.05. The molecule has 2 amide bonds. The highest BCUT2D eigenvalue weighted by molar-refractivity contribution is 5.86. The molecule has 2 aromatic heterocycles. The molecule has 3 aromatic rings. The fraction of sp³-hybridized carbons (Fsp3) is 0.320. The minimum absolute atomic E-state index is 0.00111. The van der Waals surface area contributed by atoms with Crippen LogP contribution in [0.25, 0.3) is 11.3 Å². The molecule has 1 N–H and O–H groups in total. The number of hydrogen-bond acceptors (Lipinski definition) is 6. The molecule has 0 saturated carbocycles. The van der Waals surface area contributed by atoms with Gasteiger partial charge in [0.05, 0.1) is 12.2 Å². The van der Waals surface area contributed by atoms with Crippen LogP contribution in [0.15, 0.2) is 60.9 Å². The predicted octanol–water partition coefficient (Wildman–Crippen LogP) is 3.22. The zero-order valence-corrected chi connectivity index (χ0v) is 18.4. The molecule has 5 rings (SSSR count). The van der Waals surface area contributed by atoms with E-state index in [0.717, 1.165) is 29.8 Å². The van der Waals surface area contributed by atoms with Crippen LogP contribution in [0.1, 0.15) is 31.0 Å². The Morgan fingerprint density at radius 1 is 1.09 bits per heavy atom. The summed E-state index contributed by atoms with van der Waals surface area (Å²) < 4.78 is 0. The van der Waals surface area contributed by atoms with Crippen molar-refractivity contribution in [1.82, 2.24) is 24.8 Å². The van der Waals surface area contributed by atoms with Crippen molar-refractivity contribution < 1.29 is 9.59 Å². The summed E-state index contributed by atoms with van der Waals surface area (Å²) in [5, 5.41) is 3.37. The van der Waals surface area contributed by atoms with Gasteiger partial charge in [-0.3, -0.25) is 14.6 Å². The van der Waals surface area contributed by atoms with E-state index in [1.54, 1.807) is 17.3 Å². The smallest absolute Gasteiger partial charge is 0.242 e. The molecule has 2 aliphatic rings. The molecule has 0 bridgehead atoms. The summed E-state index contributed by atoms with van der Waals surface area (Å²) in [6, 6.07) is 15.7. The van der Waals surface area contributed by atoms with Crippen molar-refractivity contribution in [2.24, 2.45) is 0 Å². The molecule has 0 aliphatic carbocycles. The molecule has 0 spiro atoms. The third-order valence-electron chi connectivity index (χ3n) is 6.15. The van der Waals surface area contributed by atoms with Crippen molar-refractivity contribution in [3.8, 4) is 11.3 Å². The molecule has 8 nitrogen and oxygen atoms in total. The lowest BCUT2D eigenvalue weighted by Crippen LogP contribution is -2.39. The molecule has 0 radical (unpaired) electrons. The van der Waals surface area contributed by atoms with Crippen molar-refractivity contribution in [2.75, 3.05) is 31.5 Å². The van der Waals surface area contributed by atoms with E-state index in [1.807, 2.05) is 53.4 Å². The first-order valence-electron chi connectivity index (χ1n) is 11.3. The molecular formula is C25H26N6O2. The van der Waals surface area contributed by atoms with E-state index < -0.39 is 0 Å². The number of anilines is 2. The van der Waals surface area contributed by atoms with Crippen LogP contribution < -0.4 is 5.32 Å². The first-order valence-corrected chi connectivity index (χ1v) is 11.3. The standard InChI is InChI=1S/C25H26N6O2/c32-23-9-5-12-30(23)17-24(33)31-13-10-19(16-31)25-28-21(18-6-4-11-26-15-18)14-22(29-25)27-20-7-2-1-3-8-20/h1-4,6-8,11,14-15,19H,5,9-10,12-13,16-17H2,(H,27,28,29). The highest BCUT2D eigenvalue weighted by Gasteiger charge is 2.32. The van der Waals surface area contributed by atoms with Gasteiger partial charge in [0.15, 0.2) is 0 Å². The van der Waals surface area contributed by atoms with E-state index in [-0.39, 0.29) is 24.3 Å². The molecule has 2 fully saturated rings. The van der Waals surface area contributed by atoms with E-state index in [4.69, 9.17) is 9.97 Å². The molecule has 1 atom stereocenters. The van der Waals surface area contributed by atoms with E-state index in [1.165, 1.54) is 0 Å². The predicted molar refractivity (Wildman–Crippen MR) is 125 cm³/mol. The zero-order chi connectivity index (χ0) is 22.6. The van der Waals surface area contributed by atoms with Gasteiger partial charge in [0, 0.05) is 61.7 Å². The number of nitrogens with one attached hydrogen (secondary N) is 1. The second kappa shape index (κ2) is 9.36.